The molecule has 0 spiro atoms. The van der Waals surface area contributed by atoms with Crippen LogP contribution in [0.15, 0.2) is 48.8 Å². The Balaban J connectivity index is 1.43. The highest BCUT2D eigenvalue weighted by molar-refractivity contribution is 5.92. The minimum absolute atomic E-state index is 0.105. The molecule has 0 unspecified atom stereocenters. The molecule has 0 N–H and O–H groups in total. The third-order valence-corrected chi connectivity index (χ3v) is 5.57. The molecule has 1 aliphatic rings. The largest absolute Gasteiger partial charge is 0.340 e. The second-order valence-electron chi connectivity index (χ2n) is 8.08. The maximum atomic E-state index is 12.8. The van der Waals surface area contributed by atoms with E-state index in [0.29, 0.717) is 25.2 Å². The summed E-state index contributed by atoms with van der Waals surface area (Å²) in [7, 11) is 0. The second kappa shape index (κ2) is 12.1. The molecular formula is C25H33N5O2. The van der Waals surface area contributed by atoms with Crippen molar-refractivity contribution in [3.63, 3.8) is 0 Å². The number of piperazine rings is 1. The molecule has 0 atom stereocenters. The maximum absolute atomic E-state index is 12.8. The molecule has 0 radical (unpaired) electrons. The van der Waals surface area contributed by atoms with Crippen molar-refractivity contribution in [1.29, 1.82) is 0 Å². The van der Waals surface area contributed by atoms with Crippen molar-refractivity contribution in [3.8, 4) is 0 Å². The van der Waals surface area contributed by atoms with Gasteiger partial charge in [0.15, 0.2) is 0 Å². The van der Waals surface area contributed by atoms with Gasteiger partial charge >= 0.3 is 0 Å². The number of aryl methyl sites for hydroxylation is 1. The zero-order valence-corrected chi connectivity index (χ0v) is 19.1. The Bertz CT molecular complexity index is 890. The molecule has 7 nitrogen and oxygen atoms in total. The summed E-state index contributed by atoms with van der Waals surface area (Å²) in [6.45, 7) is 8.92. The summed E-state index contributed by atoms with van der Waals surface area (Å²) in [5, 5.41) is 0. The third-order valence-electron chi connectivity index (χ3n) is 5.57. The van der Waals surface area contributed by atoms with Gasteiger partial charge in [-0.3, -0.25) is 19.5 Å². The molecule has 3 rings (SSSR count). The summed E-state index contributed by atoms with van der Waals surface area (Å²) in [4.78, 5) is 39.8. The smallest absolute Gasteiger partial charge is 0.274 e. The zero-order valence-electron chi connectivity index (χ0n) is 19.1. The lowest BCUT2D eigenvalue weighted by Crippen LogP contribution is -2.49. The molecule has 1 aromatic carbocycles. The van der Waals surface area contributed by atoms with E-state index in [1.54, 1.807) is 11.1 Å². The van der Waals surface area contributed by atoms with Crippen LogP contribution in [-0.4, -0.2) is 82.3 Å². The number of carbonyl (C=O) groups is 2. The van der Waals surface area contributed by atoms with Crippen LogP contribution in [0.1, 0.15) is 41.5 Å². The van der Waals surface area contributed by atoms with E-state index in [9.17, 15) is 9.59 Å². The first kappa shape index (κ1) is 23.6. The van der Waals surface area contributed by atoms with Crippen molar-refractivity contribution in [2.75, 3.05) is 45.8 Å². The van der Waals surface area contributed by atoms with E-state index >= 15 is 0 Å². The molecule has 0 bridgehead atoms. The molecule has 7 heteroatoms. The molecular weight excluding hydrogens is 402 g/mol. The number of aromatic nitrogens is 2. The first-order valence-electron chi connectivity index (χ1n) is 11.4. The van der Waals surface area contributed by atoms with Gasteiger partial charge in [-0.25, -0.2) is 4.98 Å². The minimum Gasteiger partial charge on any atom is -0.340 e. The SMILES string of the molecule is CCCN(CCC(=O)N1CCN(C/C=C/c2ccccc2)CC1)C(=O)c1cnc(C)cn1. The van der Waals surface area contributed by atoms with E-state index in [1.165, 1.54) is 11.8 Å². The molecule has 1 saturated heterocycles. The molecule has 2 amide bonds. The van der Waals surface area contributed by atoms with Crippen molar-refractivity contribution in [2.45, 2.75) is 26.7 Å². The number of hydrogen-bond donors (Lipinski definition) is 0. The number of carbonyl (C=O) groups excluding carboxylic acids is 2. The van der Waals surface area contributed by atoms with Gasteiger partial charge in [0, 0.05) is 58.4 Å². The summed E-state index contributed by atoms with van der Waals surface area (Å²) in [6.07, 6.45) is 8.57. The van der Waals surface area contributed by atoms with Crippen LogP contribution in [0.25, 0.3) is 6.08 Å². The number of rotatable bonds is 9. The Labute approximate surface area is 190 Å². The number of nitrogens with zero attached hydrogens (tertiary/aromatic N) is 5. The Morgan fingerprint density at radius 3 is 2.44 bits per heavy atom. The summed E-state index contributed by atoms with van der Waals surface area (Å²) in [6, 6.07) is 10.3. The molecule has 0 aliphatic carbocycles. The molecule has 1 fully saturated rings. The number of amides is 2. The summed E-state index contributed by atoms with van der Waals surface area (Å²) in [5.74, 6) is -0.0597. The van der Waals surface area contributed by atoms with Crippen LogP contribution >= 0.6 is 0 Å². The quantitative estimate of drug-likeness (QED) is 0.606. The topological polar surface area (TPSA) is 69.6 Å². The van der Waals surface area contributed by atoms with Gasteiger partial charge in [0.1, 0.15) is 5.69 Å². The van der Waals surface area contributed by atoms with Crippen molar-refractivity contribution in [1.82, 2.24) is 24.7 Å². The summed E-state index contributed by atoms with van der Waals surface area (Å²) in [5.41, 5.74) is 2.30. The molecule has 2 heterocycles. The van der Waals surface area contributed by atoms with Crippen molar-refractivity contribution in [2.24, 2.45) is 0 Å². The normalized spacial score (nSPS) is 14.6. The summed E-state index contributed by atoms with van der Waals surface area (Å²) >= 11 is 0. The Morgan fingerprint density at radius 1 is 1.03 bits per heavy atom. The lowest BCUT2D eigenvalue weighted by molar-refractivity contribution is -0.133. The molecule has 0 saturated carbocycles. The zero-order chi connectivity index (χ0) is 22.8. The lowest BCUT2D eigenvalue weighted by atomic mass is 10.2. The van der Waals surface area contributed by atoms with E-state index in [2.05, 4.69) is 39.2 Å². The maximum Gasteiger partial charge on any atom is 0.274 e. The van der Waals surface area contributed by atoms with Crippen LogP contribution in [0.3, 0.4) is 0 Å². The molecule has 1 aliphatic heterocycles. The molecule has 1 aromatic heterocycles. The van der Waals surface area contributed by atoms with Crippen LogP contribution in [0.5, 0.6) is 0 Å². The van der Waals surface area contributed by atoms with Crippen molar-refractivity contribution in [3.05, 3.63) is 65.8 Å². The van der Waals surface area contributed by atoms with Crippen LogP contribution in [0, 0.1) is 6.92 Å². The van der Waals surface area contributed by atoms with E-state index in [-0.39, 0.29) is 11.8 Å². The highest BCUT2D eigenvalue weighted by atomic mass is 16.2. The monoisotopic (exact) mass is 435 g/mol. The van der Waals surface area contributed by atoms with Gasteiger partial charge in [-0.15, -0.1) is 0 Å². The lowest BCUT2D eigenvalue weighted by Gasteiger charge is -2.34. The van der Waals surface area contributed by atoms with Crippen LogP contribution < -0.4 is 0 Å². The second-order valence-corrected chi connectivity index (χ2v) is 8.08. The van der Waals surface area contributed by atoms with Crippen LogP contribution in [0.2, 0.25) is 0 Å². The fourth-order valence-corrected chi connectivity index (χ4v) is 3.72. The Kier molecular flexibility index (Phi) is 8.92. The van der Waals surface area contributed by atoms with Gasteiger partial charge < -0.3 is 9.80 Å². The molecule has 170 valence electrons. The number of benzene rings is 1. The molecule has 32 heavy (non-hydrogen) atoms. The van der Waals surface area contributed by atoms with Gasteiger partial charge in [-0.2, -0.15) is 0 Å². The van der Waals surface area contributed by atoms with E-state index < -0.39 is 0 Å². The minimum atomic E-state index is -0.165. The number of hydrogen-bond acceptors (Lipinski definition) is 5. The first-order valence-corrected chi connectivity index (χ1v) is 11.4. The van der Waals surface area contributed by atoms with Crippen molar-refractivity contribution < 1.29 is 9.59 Å². The van der Waals surface area contributed by atoms with E-state index in [4.69, 9.17) is 0 Å². The fraction of sp³-hybridized carbons (Fsp3) is 0.440. The average molecular weight is 436 g/mol. The Morgan fingerprint density at radius 2 is 1.78 bits per heavy atom. The Hall–Kier alpha value is -3.06. The van der Waals surface area contributed by atoms with Gasteiger partial charge in [-0.05, 0) is 18.9 Å². The van der Waals surface area contributed by atoms with Crippen LogP contribution in [-0.2, 0) is 4.79 Å². The van der Waals surface area contributed by atoms with Gasteiger partial charge in [-0.1, -0.05) is 49.4 Å². The van der Waals surface area contributed by atoms with Crippen molar-refractivity contribution >= 4 is 17.9 Å². The molecule has 2 aromatic rings. The van der Waals surface area contributed by atoms with E-state index in [1.807, 2.05) is 36.9 Å². The van der Waals surface area contributed by atoms with Gasteiger partial charge in [0.2, 0.25) is 5.91 Å². The average Bonchev–Trinajstić information content (AvgIpc) is 2.83. The van der Waals surface area contributed by atoms with Crippen LogP contribution in [0.4, 0.5) is 0 Å². The highest BCUT2D eigenvalue weighted by Gasteiger charge is 2.23. The van der Waals surface area contributed by atoms with Gasteiger partial charge in [0.05, 0.1) is 11.9 Å². The van der Waals surface area contributed by atoms with E-state index in [0.717, 1.165) is 44.8 Å². The standard InChI is InChI=1S/C25H33N5O2/c1-3-12-30(25(32)23-20-26-21(2)19-27-23)14-11-24(31)29-17-15-28(16-18-29)13-7-10-22-8-5-4-6-9-22/h4-10,19-20H,3,11-18H2,1-2H3/b10-7+. The third kappa shape index (κ3) is 6.99. The predicted octanol–water partition coefficient (Wildman–Crippen LogP) is 2.88. The highest BCUT2D eigenvalue weighted by Crippen LogP contribution is 2.08. The first-order chi connectivity index (χ1) is 15.6. The fourth-order valence-electron chi connectivity index (χ4n) is 3.72. The predicted molar refractivity (Wildman–Crippen MR) is 126 cm³/mol. The van der Waals surface area contributed by atoms with Gasteiger partial charge in [0.25, 0.3) is 5.91 Å². The summed E-state index contributed by atoms with van der Waals surface area (Å²) < 4.78 is 0.